The van der Waals surface area contributed by atoms with Crippen LogP contribution in [0.15, 0.2) is 71.8 Å². The number of nitrogens with one attached hydrogen (secondary N) is 4. The molecule has 4 aromatic rings. The molecule has 59 heavy (non-hydrogen) atoms. The molecule has 7 rings (SSSR count). The lowest BCUT2D eigenvalue weighted by molar-refractivity contribution is -0.136. The third kappa shape index (κ3) is 9.73. The Hall–Kier alpha value is -5.82. The number of hydrogen-bond donors (Lipinski definition) is 4. The number of benzene rings is 3. The number of amides is 4. The Bertz CT molecular complexity index is 2400. The van der Waals surface area contributed by atoms with Crippen molar-refractivity contribution in [3.63, 3.8) is 0 Å². The molecule has 0 aliphatic carbocycles. The Labute approximate surface area is 341 Å². The van der Waals surface area contributed by atoms with Crippen molar-refractivity contribution in [2.45, 2.75) is 63.6 Å². The number of sulfonamides is 1. The zero-order valence-corrected chi connectivity index (χ0v) is 34.0. The number of carbonyl (C=O) groups is 4. The van der Waals surface area contributed by atoms with Crippen LogP contribution in [0, 0.1) is 12.7 Å². The van der Waals surface area contributed by atoms with E-state index >= 15 is 4.39 Å². The minimum absolute atomic E-state index is 0.00267. The Balaban J connectivity index is 0.866. The summed E-state index contributed by atoms with van der Waals surface area (Å²) in [5.74, 6) is -2.04. The molecule has 4 heterocycles. The number of carbonyl (C=O) groups excluding carboxylic acids is 4. The van der Waals surface area contributed by atoms with E-state index in [4.69, 9.17) is 4.74 Å². The number of aryl methyl sites for hydroxylation is 1. The van der Waals surface area contributed by atoms with Crippen LogP contribution in [0.1, 0.15) is 65.5 Å². The number of rotatable bonds is 13. The van der Waals surface area contributed by atoms with Gasteiger partial charge in [-0.2, -0.15) is 4.98 Å². The number of imide groups is 2. The van der Waals surface area contributed by atoms with Crippen LogP contribution in [0.2, 0.25) is 0 Å². The summed E-state index contributed by atoms with van der Waals surface area (Å²) in [5, 5.41) is 8.55. The summed E-state index contributed by atoms with van der Waals surface area (Å²) < 4.78 is 49.7. The van der Waals surface area contributed by atoms with Gasteiger partial charge in [0.1, 0.15) is 30.0 Å². The van der Waals surface area contributed by atoms with E-state index in [-0.39, 0.29) is 28.9 Å². The first-order valence-electron chi connectivity index (χ1n) is 19.3. The van der Waals surface area contributed by atoms with Crippen molar-refractivity contribution < 1.29 is 36.7 Å². The molecule has 3 aliphatic heterocycles. The predicted molar refractivity (Wildman–Crippen MR) is 217 cm³/mol. The summed E-state index contributed by atoms with van der Waals surface area (Å²) in [6.45, 7) is 11.7. The number of halogens is 1. The molecule has 1 atom stereocenters. The van der Waals surface area contributed by atoms with Crippen molar-refractivity contribution >= 4 is 56.8 Å². The molecular formula is C41H46FN9O7S. The summed E-state index contributed by atoms with van der Waals surface area (Å²) in [5.41, 5.74) is 1.60. The number of aromatic nitrogens is 2. The van der Waals surface area contributed by atoms with E-state index in [0.29, 0.717) is 61.6 Å². The average Bonchev–Trinajstić information content (AvgIpc) is 3.42. The molecule has 3 aliphatic rings. The van der Waals surface area contributed by atoms with Gasteiger partial charge in [-0.3, -0.25) is 39.2 Å². The number of anilines is 4. The normalized spacial score (nSPS) is 17.8. The second kappa shape index (κ2) is 16.8. The zero-order chi connectivity index (χ0) is 42.1. The van der Waals surface area contributed by atoms with Crippen LogP contribution >= 0.6 is 0 Å². The van der Waals surface area contributed by atoms with E-state index < -0.39 is 51.0 Å². The Morgan fingerprint density at radius 2 is 1.64 bits per heavy atom. The average molecular weight is 828 g/mol. The molecule has 18 heteroatoms. The topological polar surface area (TPSA) is 195 Å². The van der Waals surface area contributed by atoms with Gasteiger partial charge in [0.2, 0.25) is 27.8 Å². The van der Waals surface area contributed by atoms with Gasteiger partial charge in [-0.05, 0) is 94.3 Å². The Kier molecular flexibility index (Phi) is 11.8. The second-order valence-corrected chi connectivity index (χ2v) is 17.5. The zero-order valence-electron chi connectivity index (χ0n) is 33.2. The molecule has 310 valence electrons. The minimum Gasteiger partial charge on any atom is -0.492 e. The van der Waals surface area contributed by atoms with Gasteiger partial charge in [-0.15, -0.1) is 0 Å². The Morgan fingerprint density at radius 3 is 2.36 bits per heavy atom. The highest BCUT2D eigenvalue weighted by Gasteiger charge is 2.46. The number of piperazine rings is 1. The van der Waals surface area contributed by atoms with E-state index in [2.05, 4.69) is 40.4 Å². The largest absolute Gasteiger partial charge is 0.492 e. The fourth-order valence-corrected chi connectivity index (χ4v) is 8.61. The monoisotopic (exact) mass is 827 g/mol. The Morgan fingerprint density at radius 1 is 0.915 bits per heavy atom. The number of nitrogens with zero attached hydrogens (tertiary/aromatic N) is 5. The number of fused-ring (bicyclic) bond motifs is 1. The van der Waals surface area contributed by atoms with Crippen LogP contribution < -0.4 is 25.4 Å². The van der Waals surface area contributed by atoms with E-state index in [0.717, 1.165) is 29.2 Å². The highest BCUT2D eigenvalue weighted by molar-refractivity contribution is 7.89. The molecule has 0 bridgehead atoms. The quantitative estimate of drug-likeness (QED) is 0.141. The van der Waals surface area contributed by atoms with Gasteiger partial charge in [-0.25, -0.2) is 22.5 Å². The minimum atomic E-state index is -3.72. The summed E-state index contributed by atoms with van der Waals surface area (Å²) in [4.78, 5) is 64.5. The molecule has 4 amide bonds. The highest BCUT2D eigenvalue weighted by Crippen LogP contribution is 2.31. The molecule has 1 unspecified atom stereocenters. The van der Waals surface area contributed by atoms with Gasteiger partial charge in [-0.1, -0.05) is 6.07 Å². The molecule has 0 spiro atoms. The number of piperidine rings is 1. The first kappa shape index (κ1) is 41.3. The lowest BCUT2D eigenvalue weighted by Crippen LogP contribution is -2.54. The summed E-state index contributed by atoms with van der Waals surface area (Å²) in [7, 11) is -3.72. The maximum absolute atomic E-state index is 15.2. The number of hydrogen-bond acceptors (Lipinski definition) is 13. The van der Waals surface area contributed by atoms with Crippen molar-refractivity contribution in [1.29, 1.82) is 0 Å². The SMILES string of the molecule is Cc1cnc(Nc2ccc(OCCN3CCN(Cc4cc(F)c5c(c4)C(=O)N(C4CCC(=O)NC4=O)C5=O)CC3)cc2)nc1Nc1cccc(S(=O)(=O)NC(C)(C)C)c1. The fourth-order valence-electron chi connectivity index (χ4n) is 7.15. The van der Waals surface area contributed by atoms with Crippen LogP contribution in [0.25, 0.3) is 0 Å². The van der Waals surface area contributed by atoms with E-state index in [1.54, 1.807) is 51.2 Å². The van der Waals surface area contributed by atoms with E-state index in [1.165, 1.54) is 12.1 Å². The van der Waals surface area contributed by atoms with Crippen molar-refractivity contribution in [3.8, 4) is 5.75 Å². The van der Waals surface area contributed by atoms with Crippen LogP contribution in [0.3, 0.4) is 0 Å². The second-order valence-electron chi connectivity index (χ2n) is 15.8. The molecule has 1 aromatic heterocycles. The maximum Gasteiger partial charge on any atom is 0.265 e. The molecule has 2 saturated heterocycles. The lowest BCUT2D eigenvalue weighted by Gasteiger charge is -2.34. The molecular weight excluding hydrogens is 782 g/mol. The molecule has 3 aromatic carbocycles. The lowest BCUT2D eigenvalue weighted by atomic mass is 10.0. The van der Waals surface area contributed by atoms with Crippen LogP contribution in [0.5, 0.6) is 5.75 Å². The van der Waals surface area contributed by atoms with Crippen molar-refractivity contribution in [1.82, 2.24) is 34.7 Å². The van der Waals surface area contributed by atoms with Gasteiger partial charge in [0, 0.05) is 74.4 Å². The molecule has 4 N–H and O–H groups in total. The van der Waals surface area contributed by atoms with Crippen molar-refractivity contribution in [3.05, 3.63) is 94.9 Å². The molecule has 16 nitrogen and oxygen atoms in total. The van der Waals surface area contributed by atoms with E-state index in [1.807, 2.05) is 31.2 Å². The van der Waals surface area contributed by atoms with Gasteiger partial charge in [0.15, 0.2) is 0 Å². The van der Waals surface area contributed by atoms with Crippen LogP contribution in [0.4, 0.5) is 27.5 Å². The van der Waals surface area contributed by atoms with Crippen LogP contribution in [-0.4, -0.2) is 108 Å². The van der Waals surface area contributed by atoms with E-state index in [9.17, 15) is 27.6 Å². The third-order valence-corrected chi connectivity index (χ3v) is 11.8. The first-order chi connectivity index (χ1) is 28.0. The third-order valence-electron chi connectivity index (χ3n) is 10.0. The standard InChI is InChI=1S/C41H46FN9O7S/c1-25-23-43-40(47-36(25)44-28-6-5-7-30(22-28)59(56,57)48-41(2,3)4)45-27-8-10-29(11-9-27)58-19-18-49-14-16-50(17-15-49)24-26-20-31-35(32(42)21-26)39(55)51(38(31)54)33-12-13-34(52)46-37(33)53/h5-11,20-23,33,48H,12-19,24H2,1-4H3,(H,46,52,53)(H2,43,44,45,47). The molecule has 0 radical (unpaired) electrons. The summed E-state index contributed by atoms with van der Waals surface area (Å²) in [6.07, 6.45) is 1.67. The first-order valence-corrected chi connectivity index (χ1v) is 20.7. The van der Waals surface area contributed by atoms with Gasteiger partial charge >= 0.3 is 0 Å². The van der Waals surface area contributed by atoms with Gasteiger partial charge in [0.25, 0.3) is 11.8 Å². The van der Waals surface area contributed by atoms with Crippen LogP contribution in [-0.2, 0) is 26.2 Å². The van der Waals surface area contributed by atoms with Gasteiger partial charge < -0.3 is 15.4 Å². The van der Waals surface area contributed by atoms with Crippen molar-refractivity contribution in [2.24, 2.45) is 0 Å². The maximum atomic E-state index is 15.2. The summed E-state index contributed by atoms with van der Waals surface area (Å²) in [6, 6.07) is 15.6. The highest BCUT2D eigenvalue weighted by atomic mass is 32.2. The smallest absolute Gasteiger partial charge is 0.265 e. The molecule has 2 fully saturated rings. The van der Waals surface area contributed by atoms with Crippen molar-refractivity contribution in [2.75, 3.05) is 50.0 Å². The number of ether oxygens (including phenoxy) is 1. The van der Waals surface area contributed by atoms with Gasteiger partial charge in [0.05, 0.1) is 16.0 Å². The summed E-state index contributed by atoms with van der Waals surface area (Å²) >= 11 is 0. The molecule has 0 saturated carbocycles. The fraction of sp³-hybridized carbons (Fsp3) is 0.366. The predicted octanol–water partition coefficient (Wildman–Crippen LogP) is 4.09.